The van der Waals surface area contributed by atoms with Crippen molar-refractivity contribution >= 4 is 17.5 Å². The average Bonchev–Trinajstić information content (AvgIpc) is 2.80. The number of halogens is 1. The summed E-state index contributed by atoms with van der Waals surface area (Å²) in [4.78, 5) is 21.1. The van der Waals surface area contributed by atoms with Crippen LogP contribution in [0.2, 0.25) is 0 Å². The Balaban J connectivity index is 1.35. The van der Waals surface area contributed by atoms with Crippen molar-refractivity contribution in [1.29, 1.82) is 0 Å². The van der Waals surface area contributed by atoms with Crippen LogP contribution in [0.5, 0.6) is 0 Å². The average molecular weight is 417 g/mol. The van der Waals surface area contributed by atoms with Gasteiger partial charge in [0, 0.05) is 35.8 Å². The highest BCUT2D eigenvalue weighted by Gasteiger charge is 2.09. The molecule has 3 aromatic rings. The Kier molecular flexibility index (Phi) is 6.67. The number of hydrogen-bond donors (Lipinski definition) is 2. The molecule has 0 unspecified atom stereocenters. The molecule has 2 N–H and O–H groups in total. The van der Waals surface area contributed by atoms with E-state index in [1.54, 1.807) is 30.6 Å². The molecule has 4 rings (SSSR count). The number of nitrogens with one attached hydrogen (secondary N) is 2. The number of hydrogen-bond acceptors (Lipinski definition) is 4. The highest BCUT2D eigenvalue weighted by Crippen LogP contribution is 2.21. The van der Waals surface area contributed by atoms with Crippen molar-refractivity contribution in [2.75, 3.05) is 11.9 Å². The summed E-state index contributed by atoms with van der Waals surface area (Å²) in [7, 11) is 0. The zero-order chi connectivity index (χ0) is 21.5. The van der Waals surface area contributed by atoms with E-state index in [2.05, 4.69) is 26.7 Å². The first-order valence-corrected chi connectivity index (χ1v) is 10.6. The predicted octanol–water partition coefficient (Wildman–Crippen LogP) is 5.65. The van der Waals surface area contributed by atoms with Crippen LogP contribution in [-0.2, 0) is 0 Å². The summed E-state index contributed by atoms with van der Waals surface area (Å²) >= 11 is 0. The van der Waals surface area contributed by atoms with E-state index in [-0.39, 0.29) is 11.7 Å². The second-order valence-corrected chi connectivity index (χ2v) is 7.63. The zero-order valence-corrected chi connectivity index (χ0v) is 17.3. The minimum absolute atomic E-state index is 0.0950. The van der Waals surface area contributed by atoms with Gasteiger partial charge < -0.3 is 10.6 Å². The molecule has 0 saturated carbocycles. The van der Waals surface area contributed by atoms with E-state index in [0.717, 1.165) is 30.5 Å². The molecule has 0 saturated heterocycles. The second-order valence-electron chi connectivity index (χ2n) is 7.63. The first-order chi connectivity index (χ1) is 15.2. The van der Waals surface area contributed by atoms with Crippen LogP contribution in [0.4, 0.5) is 16.0 Å². The lowest BCUT2D eigenvalue weighted by Gasteiger charge is -2.13. The summed E-state index contributed by atoms with van der Waals surface area (Å²) in [5.41, 5.74) is 4.20. The standard InChI is InChI=1S/C25H25FN4O/c26-22-10-4-8-19(14-22)21-16-28-25(29-17-21)30-23-11-5-9-20(15-23)24(31)27-13-12-18-6-2-1-3-7-18/h4-6,8-11,14-17H,1-3,7,12-13H2,(H,27,31)(H,28,29,30). The van der Waals surface area contributed by atoms with Crippen LogP contribution in [0.3, 0.4) is 0 Å². The largest absolute Gasteiger partial charge is 0.352 e. The first kappa shape index (κ1) is 20.7. The van der Waals surface area contributed by atoms with Gasteiger partial charge in [0.15, 0.2) is 0 Å². The Labute approximate surface area is 181 Å². The Morgan fingerprint density at radius 2 is 1.84 bits per heavy atom. The van der Waals surface area contributed by atoms with Gasteiger partial charge >= 0.3 is 0 Å². The molecule has 0 radical (unpaired) electrons. The minimum Gasteiger partial charge on any atom is -0.352 e. The fourth-order valence-electron chi connectivity index (χ4n) is 3.65. The maximum Gasteiger partial charge on any atom is 0.251 e. The first-order valence-electron chi connectivity index (χ1n) is 10.6. The number of aromatic nitrogens is 2. The molecule has 0 bridgehead atoms. The Bertz CT molecular complexity index is 1080. The monoisotopic (exact) mass is 416 g/mol. The molecule has 6 heteroatoms. The van der Waals surface area contributed by atoms with Crippen LogP contribution < -0.4 is 10.6 Å². The van der Waals surface area contributed by atoms with Crippen molar-refractivity contribution < 1.29 is 9.18 Å². The third-order valence-electron chi connectivity index (χ3n) is 5.31. The van der Waals surface area contributed by atoms with Crippen LogP contribution >= 0.6 is 0 Å². The molecular weight excluding hydrogens is 391 g/mol. The summed E-state index contributed by atoms with van der Waals surface area (Å²) in [6, 6.07) is 13.5. The smallest absolute Gasteiger partial charge is 0.251 e. The van der Waals surface area contributed by atoms with Crippen molar-refractivity contribution in [3.8, 4) is 11.1 Å². The van der Waals surface area contributed by atoms with Gasteiger partial charge in [-0.05, 0) is 68.0 Å². The lowest BCUT2D eigenvalue weighted by Crippen LogP contribution is -2.24. The van der Waals surface area contributed by atoms with E-state index in [4.69, 9.17) is 0 Å². The van der Waals surface area contributed by atoms with E-state index in [1.807, 2.05) is 18.2 Å². The minimum atomic E-state index is -0.301. The van der Waals surface area contributed by atoms with Gasteiger partial charge in [-0.1, -0.05) is 29.8 Å². The van der Waals surface area contributed by atoms with Gasteiger partial charge in [0.2, 0.25) is 5.95 Å². The molecule has 1 heterocycles. The van der Waals surface area contributed by atoms with Crippen molar-refractivity contribution in [2.45, 2.75) is 32.1 Å². The van der Waals surface area contributed by atoms with Gasteiger partial charge in [-0.15, -0.1) is 0 Å². The summed E-state index contributed by atoms with van der Waals surface area (Å²) in [5.74, 6) is 0.00892. The van der Waals surface area contributed by atoms with E-state index in [0.29, 0.717) is 23.6 Å². The number of rotatable bonds is 7. The fraction of sp³-hybridized carbons (Fsp3) is 0.240. The van der Waals surface area contributed by atoms with E-state index >= 15 is 0 Å². The van der Waals surface area contributed by atoms with Crippen LogP contribution in [0.15, 0.2) is 72.6 Å². The summed E-state index contributed by atoms with van der Waals surface area (Å²) in [6.45, 7) is 0.646. The summed E-state index contributed by atoms with van der Waals surface area (Å²) in [6.07, 6.45) is 11.3. The molecule has 0 spiro atoms. The number of carbonyl (C=O) groups excluding carboxylic acids is 1. The predicted molar refractivity (Wildman–Crippen MR) is 121 cm³/mol. The van der Waals surface area contributed by atoms with Crippen LogP contribution in [-0.4, -0.2) is 22.4 Å². The Morgan fingerprint density at radius 1 is 1.00 bits per heavy atom. The molecule has 158 valence electrons. The number of benzene rings is 2. The van der Waals surface area contributed by atoms with Crippen molar-refractivity contribution in [1.82, 2.24) is 15.3 Å². The molecule has 5 nitrogen and oxygen atoms in total. The molecule has 0 fully saturated rings. The zero-order valence-electron chi connectivity index (χ0n) is 17.3. The third kappa shape index (κ3) is 5.75. The maximum atomic E-state index is 13.4. The van der Waals surface area contributed by atoms with E-state index < -0.39 is 0 Å². The number of nitrogens with zero attached hydrogens (tertiary/aromatic N) is 2. The molecule has 31 heavy (non-hydrogen) atoms. The Hall–Kier alpha value is -3.54. The van der Waals surface area contributed by atoms with Gasteiger partial charge in [-0.25, -0.2) is 14.4 Å². The van der Waals surface area contributed by atoms with Gasteiger partial charge in [-0.3, -0.25) is 4.79 Å². The van der Waals surface area contributed by atoms with Crippen LogP contribution in [0.1, 0.15) is 42.5 Å². The normalized spacial score (nSPS) is 13.4. The SMILES string of the molecule is O=C(NCCC1=CCCCC1)c1cccc(Nc2ncc(-c3cccc(F)c3)cn2)c1. The number of amides is 1. The van der Waals surface area contributed by atoms with Crippen molar-refractivity contribution in [3.05, 3.63) is 84.0 Å². The molecule has 1 aliphatic rings. The molecule has 2 aromatic carbocycles. The number of carbonyl (C=O) groups is 1. The van der Waals surface area contributed by atoms with Crippen molar-refractivity contribution in [3.63, 3.8) is 0 Å². The van der Waals surface area contributed by atoms with Crippen molar-refractivity contribution in [2.24, 2.45) is 0 Å². The van der Waals surface area contributed by atoms with Gasteiger partial charge in [0.05, 0.1) is 0 Å². The molecule has 0 aliphatic heterocycles. The number of allylic oxidation sites excluding steroid dienone is 1. The van der Waals surface area contributed by atoms with E-state index in [1.165, 1.54) is 30.5 Å². The van der Waals surface area contributed by atoms with Crippen LogP contribution in [0, 0.1) is 5.82 Å². The topological polar surface area (TPSA) is 66.9 Å². The van der Waals surface area contributed by atoms with E-state index in [9.17, 15) is 9.18 Å². The lowest BCUT2D eigenvalue weighted by atomic mass is 9.97. The van der Waals surface area contributed by atoms with Gasteiger partial charge in [0.1, 0.15) is 5.82 Å². The van der Waals surface area contributed by atoms with Gasteiger partial charge in [-0.2, -0.15) is 0 Å². The highest BCUT2D eigenvalue weighted by atomic mass is 19.1. The highest BCUT2D eigenvalue weighted by molar-refractivity contribution is 5.95. The third-order valence-corrected chi connectivity index (χ3v) is 5.31. The van der Waals surface area contributed by atoms with Crippen LogP contribution in [0.25, 0.3) is 11.1 Å². The second kappa shape index (κ2) is 9.98. The maximum absolute atomic E-state index is 13.4. The summed E-state index contributed by atoms with van der Waals surface area (Å²) in [5, 5.41) is 6.11. The fourth-order valence-corrected chi connectivity index (χ4v) is 3.65. The van der Waals surface area contributed by atoms with Gasteiger partial charge in [0.25, 0.3) is 5.91 Å². The molecule has 0 atom stereocenters. The quantitative estimate of drug-likeness (QED) is 0.489. The molecule has 1 aromatic heterocycles. The molecule has 1 aliphatic carbocycles. The molecular formula is C25H25FN4O. The Morgan fingerprint density at radius 3 is 2.61 bits per heavy atom. The number of anilines is 2. The molecule has 1 amide bonds. The lowest BCUT2D eigenvalue weighted by molar-refractivity contribution is 0.0954. The summed E-state index contributed by atoms with van der Waals surface area (Å²) < 4.78 is 13.4.